The van der Waals surface area contributed by atoms with Gasteiger partial charge in [0.05, 0.1) is 18.4 Å². The number of hydrogen-bond donors (Lipinski definition) is 2. The van der Waals surface area contributed by atoms with Crippen LogP contribution in [-0.2, 0) is 0 Å². The Hall–Kier alpha value is -1.71. The van der Waals surface area contributed by atoms with E-state index < -0.39 is 5.97 Å². The Morgan fingerprint density at radius 2 is 2.14 bits per heavy atom. The van der Waals surface area contributed by atoms with Gasteiger partial charge in [0.25, 0.3) is 0 Å². The van der Waals surface area contributed by atoms with Crippen LogP contribution in [0.5, 0.6) is 5.75 Å². The van der Waals surface area contributed by atoms with Crippen LogP contribution >= 0.6 is 0 Å². The lowest BCUT2D eigenvalue weighted by Crippen LogP contribution is -2.03. The Morgan fingerprint density at radius 1 is 1.50 bits per heavy atom. The summed E-state index contributed by atoms with van der Waals surface area (Å²) in [6.45, 7) is 1.75. The minimum atomic E-state index is -0.941. The van der Waals surface area contributed by atoms with Crippen LogP contribution in [0, 0.1) is 6.92 Å². The molecule has 76 valence electrons. The molecule has 0 saturated carbocycles. The summed E-state index contributed by atoms with van der Waals surface area (Å²) in [4.78, 5) is 10.8. The number of aromatic carboxylic acids is 1. The highest BCUT2D eigenvalue weighted by Crippen LogP contribution is 2.27. The van der Waals surface area contributed by atoms with E-state index in [2.05, 4.69) is 5.32 Å². The summed E-state index contributed by atoms with van der Waals surface area (Å²) in [5.74, 6) is -0.404. The predicted molar refractivity (Wildman–Crippen MR) is 54.2 cm³/mol. The molecule has 4 heteroatoms. The lowest BCUT2D eigenvalue weighted by molar-refractivity contribution is 0.0696. The first-order valence-corrected chi connectivity index (χ1v) is 4.19. The van der Waals surface area contributed by atoms with E-state index in [-0.39, 0.29) is 5.56 Å². The van der Waals surface area contributed by atoms with Crippen LogP contribution in [0.25, 0.3) is 0 Å². The zero-order valence-corrected chi connectivity index (χ0v) is 8.42. The van der Waals surface area contributed by atoms with E-state index in [4.69, 9.17) is 9.84 Å². The number of carboxylic acids is 1. The molecule has 0 spiro atoms. The Kier molecular flexibility index (Phi) is 2.96. The van der Waals surface area contributed by atoms with Crippen molar-refractivity contribution in [1.29, 1.82) is 0 Å². The van der Waals surface area contributed by atoms with Gasteiger partial charge in [0, 0.05) is 7.05 Å². The SMILES string of the molecule is CNc1cc(C)c(C(=O)O)cc1OC. The number of carboxylic acid groups (broad SMARTS) is 1. The molecule has 0 radical (unpaired) electrons. The Morgan fingerprint density at radius 3 is 2.57 bits per heavy atom. The second-order valence-electron chi connectivity index (χ2n) is 2.92. The third-order valence-corrected chi connectivity index (χ3v) is 2.05. The monoisotopic (exact) mass is 195 g/mol. The first-order valence-electron chi connectivity index (χ1n) is 4.19. The molecular formula is C10H13NO3. The highest BCUT2D eigenvalue weighted by atomic mass is 16.5. The molecule has 4 nitrogen and oxygen atoms in total. The van der Waals surface area contributed by atoms with Gasteiger partial charge in [0.1, 0.15) is 5.75 Å². The van der Waals surface area contributed by atoms with Crippen molar-refractivity contribution in [3.63, 3.8) is 0 Å². The number of anilines is 1. The van der Waals surface area contributed by atoms with E-state index in [0.29, 0.717) is 11.3 Å². The molecular weight excluding hydrogens is 182 g/mol. The number of aryl methyl sites for hydroxylation is 1. The van der Waals surface area contributed by atoms with E-state index >= 15 is 0 Å². The Balaban J connectivity index is 3.30. The molecule has 2 N–H and O–H groups in total. The summed E-state index contributed by atoms with van der Waals surface area (Å²) in [5.41, 5.74) is 1.76. The Bertz CT molecular complexity index is 361. The summed E-state index contributed by atoms with van der Waals surface area (Å²) in [6.07, 6.45) is 0. The Labute approximate surface area is 82.5 Å². The fraction of sp³-hybridized carbons (Fsp3) is 0.300. The fourth-order valence-corrected chi connectivity index (χ4v) is 1.28. The van der Waals surface area contributed by atoms with E-state index in [9.17, 15) is 4.79 Å². The van der Waals surface area contributed by atoms with Gasteiger partial charge in [-0.3, -0.25) is 0 Å². The quantitative estimate of drug-likeness (QED) is 0.771. The first kappa shape index (κ1) is 10.4. The zero-order chi connectivity index (χ0) is 10.7. The van der Waals surface area contributed by atoms with E-state index in [1.807, 2.05) is 0 Å². The molecule has 0 aromatic heterocycles. The number of ether oxygens (including phenoxy) is 1. The van der Waals surface area contributed by atoms with E-state index in [1.54, 1.807) is 20.0 Å². The van der Waals surface area contributed by atoms with E-state index in [0.717, 1.165) is 5.69 Å². The van der Waals surface area contributed by atoms with Crippen molar-refractivity contribution in [3.8, 4) is 5.75 Å². The van der Waals surface area contributed by atoms with Gasteiger partial charge in [0.2, 0.25) is 0 Å². The molecule has 0 aliphatic heterocycles. The van der Waals surface area contributed by atoms with Crippen LogP contribution in [-0.4, -0.2) is 25.2 Å². The van der Waals surface area contributed by atoms with Crippen molar-refractivity contribution in [2.24, 2.45) is 0 Å². The highest BCUT2D eigenvalue weighted by Gasteiger charge is 2.11. The average Bonchev–Trinajstić information content (AvgIpc) is 2.16. The van der Waals surface area contributed by atoms with Crippen LogP contribution in [0.2, 0.25) is 0 Å². The van der Waals surface area contributed by atoms with Gasteiger partial charge in [-0.2, -0.15) is 0 Å². The van der Waals surface area contributed by atoms with Gasteiger partial charge < -0.3 is 15.2 Å². The van der Waals surface area contributed by atoms with E-state index in [1.165, 1.54) is 13.2 Å². The smallest absolute Gasteiger partial charge is 0.336 e. The third-order valence-electron chi connectivity index (χ3n) is 2.05. The van der Waals surface area contributed by atoms with Gasteiger partial charge in [-0.15, -0.1) is 0 Å². The molecule has 0 fully saturated rings. The molecule has 0 saturated heterocycles. The summed E-state index contributed by atoms with van der Waals surface area (Å²) in [7, 11) is 3.27. The molecule has 0 heterocycles. The topological polar surface area (TPSA) is 58.6 Å². The minimum Gasteiger partial charge on any atom is -0.495 e. The number of methoxy groups -OCH3 is 1. The van der Waals surface area contributed by atoms with Crippen molar-refractivity contribution in [2.45, 2.75) is 6.92 Å². The second kappa shape index (κ2) is 4.00. The van der Waals surface area contributed by atoms with Crippen molar-refractivity contribution < 1.29 is 14.6 Å². The molecule has 0 aliphatic rings. The first-order chi connectivity index (χ1) is 6.60. The van der Waals surface area contributed by atoms with Gasteiger partial charge in [-0.05, 0) is 24.6 Å². The summed E-state index contributed by atoms with van der Waals surface area (Å²) in [6, 6.07) is 3.27. The highest BCUT2D eigenvalue weighted by molar-refractivity contribution is 5.91. The number of rotatable bonds is 3. The van der Waals surface area contributed by atoms with Gasteiger partial charge >= 0.3 is 5.97 Å². The van der Waals surface area contributed by atoms with Crippen LogP contribution in [0.15, 0.2) is 12.1 Å². The molecule has 1 aromatic rings. The maximum Gasteiger partial charge on any atom is 0.336 e. The predicted octanol–water partition coefficient (Wildman–Crippen LogP) is 1.74. The molecule has 1 rings (SSSR count). The second-order valence-corrected chi connectivity index (χ2v) is 2.92. The molecule has 0 aliphatic carbocycles. The van der Waals surface area contributed by atoms with Crippen LogP contribution in [0.1, 0.15) is 15.9 Å². The standard InChI is InChI=1S/C10H13NO3/c1-6-4-8(11-2)9(14-3)5-7(6)10(12)13/h4-5,11H,1-3H3,(H,12,13). The number of nitrogens with one attached hydrogen (secondary N) is 1. The lowest BCUT2D eigenvalue weighted by Gasteiger charge is -2.10. The molecule has 1 aromatic carbocycles. The van der Waals surface area contributed by atoms with Crippen molar-refractivity contribution in [2.75, 3.05) is 19.5 Å². The van der Waals surface area contributed by atoms with Crippen molar-refractivity contribution in [3.05, 3.63) is 23.3 Å². The van der Waals surface area contributed by atoms with Gasteiger partial charge in [0.15, 0.2) is 0 Å². The zero-order valence-electron chi connectivity index (χ0n) is 8.42. The lowest BCUT2D eigenvalue weighted by atomic mass is 10.1. The summed E-state index contributed by atoms with van der Waals surface area (Å²) in [5, 5.41) is 11.8. The third kappa shape index (κ3) is 1.79. The molecule has 0 unspecified atom stereocenters. The number of hydrogen-bond acceptors (Lipinski definition) is 3. The molecule has 0 atom stereocenters. The van der Waals surface area contributed by atoms with Crippen LogP contribution in [0.4, 0.5) is 5.69 Å². The van der Waals surface area contributed by atoms with Gasteiger partial charge in [-0.1, -0.05) is 0 Å². The summed E-state index contributed by atoms with van der Waals surface area (Å²) < 4.78 is 5.06. The molecule has 14 heavy (non-hydrogen) atoms. The molecule has 0 amide bonds. The summed E-state index contributed by atoms with van der Waals surface area (Å²) >= 11 is 0. The van der Waals surface area contributed by atoms with Gasteiger partial charge in [-0.25, -0.2) is 4.79 Å². The fourth-order valence-electron chi connectivity index (χ4n) is 1.28. The largest absolute Gasteiger partial charge is 0.495 e. The van der Waals surface area contributed by atoms with Crippen LogP contribution in [0.3, 0.4) is 0 Å². The van der Waals surface area contributed by atoms with Crippen LogP contribution < -0.4 is 10.1 Å². The number of carbonyl (C=O) groups is 1. The van der Waals surface area contributed by atoms with Crippen molar-refractivity contribution in [1.82, 2.24) is 0 Å². The maximum absolute atomic E-state index is 10.8. The van der Waals surface area contributed by atoms with Crippen molar-refractivity contribution >= 4 is 11.7 Å². The minimum absolute atomic E-state index is 0.265. The normalized spacial score (nSPS) is 9.64. The average molecular weight is 195 g/mol. The molecule has 0 bridgehead atoms. The number of benzene rings is 1. The maximum atomic E-state index is 10.8.